The molecule has 1 heterocycles. The Morgan fingerprint density at radius 3 is 2.52 bits per heavy atom. The molecule has 0 radical (unpaired) electrons. The van der Waals surface area contributed by atoms with E-state index in [9.17, 15) is 13.6 Å². The maximum Gasteiger partial charge on any atom is 0.238 e. The highest BCUT2D eigenvalue weighted by molar-refractivity contribution is 5.92. The van der Waals surface area contributed by atoms with Crippen LogP contribution in [-0.2, 0) is 4.79 Å². The molecular weight excluding hydrogens is 300 g/mol. The van der Waals surface area contributed by atoms with E-state index in [1.807, 2.05) is 4.90 Å². The van der Waals surface area contributed by atoms with Crippen molar-refractivity contribution in [2.24, 2.45) is 0 Å². The van der Waals surface area contributed by atoms with Crippen molar-refractivity contribution in [3.8, 4) is 0 Å². The number of benzene rings is 1. The topological polar surface area (TPSA) is 44.4 Å². The SMILES string of the molecule is CC1CN(CC(=O)Nc2ccc(F)cc2F)CC(C)N1.Cl. The zero-order valence-electron chi connectivity index (χ0n) is 12.0. The van der Waals surface area contributed by atoms with Crippen LogP contribution in [0.3, 0.4) is 0 Å². The molecule has 0 aliphatic carbocycles. The van der Waals surface area contributed by atoms with Gasteiger partial charge in [0.1, 0.15) is 11.6 Å². The van der Waals surface area contributed by atoms with Crippen LogP contribution in [0.1, 0.15) is 13.8 Å². The molecule has 118 valence electrons. The zero-order chi connectivity index (χ0) is 14.7. The van der Waals surface area contributed by atoms with Crippen LogP contribution in [0.5, 0.6) is 0 Å². The van der Waals surface area contributed by atoms with Crippen molar-refractivity contribution >= 4 is 24.0 Å². The fraction of sp³-hybridized carbons (Fsp3) is 0.500. The summed E-state index contributed by atoms with van der Waals surface area (Å²) in [6.45, 7) is 5.85. The minimum Gasteiger partial charge on any atom is -0.322 e. The van der Waals surface area contributed by atoms with Gasteiger partial charge in [-0.25, -0.2) is 8.78 Å². The van der Waals surface area contributed by atoms with E-state index in [0.29, 0.717) is 12.1 Å². The number of piperazine rings is 1. The summed E-state index contributed by atoms with van der Waals surface area (Å²) in [4.78, 5) is 13.9. The predicted molar refractivity (Wildman–Crippen MR) is 80.7 cm³/mol. The third-order valence-corrected chi connectivity index (χ3v) is 3.21. The first-order valence-electron chi connectivity index (χ1n) is 6.67. The van der Waals surface area contributed by atoms with Gasteiger partial charge >= 0.3 is 0 Å². The molecule has 2 atom stereocenters. The number of rotatable bonds is 3. The van der Waals surface area contributed by atoms with Gasteiger partial charge in [-0.3, -0.25) is 9.69 Å². The second-order valence-electron chi connectivity index (χ2n) is 5.34. The maximum atomic E-state index is 13.4. The highest BCUT2D eigenvalue weighted by Crippen LogP contribution is 2.15. The van der Waals surface area contributed by atoms with Crippen molar-refractivity contribution in [3.05, 3.63) is 29.8 Å². The molecule has 2 N–H and O–H groups in total. The van der Waals surface area contributed by atoms with Crippen LogP contribution in [0.15, 0.2) is 18.2 Å². The van der Waals surface area contributed by atoms with E-state index >= 15 is 0 Å². The van der Waals surface area contributed by atoms with Gasteiger partial charge in [0.2, 0.25) is 5.91 Å². The molecule has 1 fully saturated rings. The Morgan fingerprint density at radius 1 is 1.33 bits per heavy atom. The Hall–Kier alpha value is -1.24. The van der Waals surface area contributed by atoms with Crippen LogP contribution < -0.4 is 10.6 Å². The number of anilines is 1. The smallest absolute Gasteiger partial charge is 0.238 e. The monoisotopic (exact) mass is 319 g/mol. The molecule has 0 bridgehead atoms. The van der Waals surface area contributed by atoms with Gasteiger partial charge in [0.05, 0.1) is 12.2 Å². The molecule has 1 aliphatic heterocycles. The van der Waals surface area contributed by atoms with Crippen molar-refractivity contribution in [1.29, 1.82) is 0 Å². The average Bonchev–Trinajstić information content (AvgIpc) is 2.31. The predicted octanol–water partition coefficient (Wildman–Crippen LogP) is 2.01. The molecule has 2 rings (SSSR count). The highest BCUT2D eigenvalue weighted by Gasteiger charge is 2.22. The number of nitrogens with zero attached hydrogens (tertiary/aromatic N) is 1. The van der Waals surface area contributed by atoms with Crippen LogP contribution in [0.2, 0.25) is 0 Å². The minimum atomic E-state index is -0.764. The van der Waals surface area contributed by atoms with E-state index in [1.54, 1.807) is 0 Å². The van der Waals surface area contributed by atoms with E-state index in [-0.39, 0.29) is 30.5 Å². The molecule has 1 aromatic rings. The lowest BCUT2D eigenvalue weighted by molar-refractivity contribution is -0.117. The van der Waals surface area contributed by atoms with Gasteiger partial charge < -0.3 is 10.6 Å². The number of hydrogen-bond donors (Lipinski definition) is 2. The van der Waals surface area contributed by atoms with Crippen LogP contribution >= 0.6 is 12.4 Å². The number of carbonyl (C=O) groups excluding carboxylic acids is 1. The van der Waals surface area contributed by atoms with Crippen LogP contribution in [0.4, 0.5) is 14.5 Å². The van der Waals surface area contributed by atoms with Crippen molar-refractivity contribution < 1.29 is 13.6 Å². The largest absolute Gasteiger partial charge is 0.322 e. The lowest BCUT2D eigenvalue weighted by Crippen LogP contribution is -2.55. The summed E-state index contributed by atoms with van der Waals surface area (Å²) in [5, 5.41) is 5.84. The number of hydrogen-bond acceptors (Lipinski definition) is 3. The first kappa shape index (κ1) is 17.8. The Bertz CT molecular complexity index is 491. The average molecular weight is 320 g/mol. The maximum absolute atomic E-state index is 13.4. The third kappa shape index (κ3) is 5.22. The van der Waals surface area contributed by atoms with Crippen molar-refractivity contribution in [2.75, 3.05) is 25.0 Å². The molecule has 7 heteroatoms. The fourth-order valence-electron chi connectivity index (χ4n) is 2.55. The van der Waals surface area contributed by atoms with E-state index in [2.05, 4.69) is 24.5 Å². The lowest BCUT2D eigenvalue weighted by atomic mass is 10.1. The summed E-state index contributed by atoms with van der Waals surface area (Å²) in [5.74, 6) is -1.72. The summed E-state index contributed by atoms with van der Waals surface area (Å²) in [6.07, 6.45) is 0. The van der Waals surface area contributed by atoms with Crippen LogP contribution in [-0.4, -0.2) is 42.5 Å². The molecule has 0 aromatic heterocycles. The van der Waals surface area contributed by atoms with Gasteiger partial charge in [0.15, 0.2) is 0 Å². The summed E-state index contributed by atoms with van der Waals surface area (Å²) in [6, 6.07) is 3.73. The molecule has 1 aromatic carbocycles. The molecule has 4 nitrogen and oxygen atoms in total. The van der Waals surface area contributed by atoms with Crippen molar-refractivity contribution in [3.63, 3.8) is 0 Å². The van der Waals surface area contributed by atoms with E-state index < -0.39 is 11.6 Å². The molecule has 0 saturated carbocycles. The number of nitrogens with one attached hydrogen (secondary N) is 2. The van der Waals surface area contributed by atoms with E-state index in [0.717, 1.165) is 25.2 Å². The summed E-state index contributed by atoms with van der Waals surface area (Å²) >= 11 is 0. The van der Waals surface area contributed by atoms with Crippen molar-refractivity contribution in [1.82, 2.24) is 10.2 Å². The summed E-state index contributed by atoms with van der Waals surface area (Å²) in [5.41, 5.74) is 0.00707. The summed E-state index contributed by atoms with van der Waals surface area (Å²) in [7, 11) is 0. The summed E-state index contributed by atoms with van der Waals surface area (Å²) < 4.78 is 26.2. The standard InChI is InChI=1S/C14H19F2N3O.ClH/c1-9-6-19(7-10(2)17-9)8-14(20)18-13-4-3-11(15)5-12(13)16;/h3-5,9-10,17H,6-8H2,1-2H3,(H,18,20);1H. The molecule has 1 saturated heterocycles. The molecule has 0 spiro atoms. The first-order chi connectivity index (χ1) is 9.44. The van der Waals surface area contributed by atoms with Crippen LogP contribution in [0, 0.1) is 11.6 Å². The highest BCUT2D eigenvalue weighted by atomic mass is 35.5. The second kappa shape index (κ2) is 7.68. The fourth-order valence-corrected chi connectivity index (χ4v) is 2.55. The molecule has 21 heavy (non-hydrogen) atoms. The van der Waals surface area contributed by atoms with E-state index in [4.69, 9.17) is 0 Å². The number of halogens is 3. The normalized spacial score (nSPS) is 22.5. The van der Waals surface area contributed by atoms with Gasteiger partial charge in [0.25, 0.3) is 0 Å². The Balaban J connectivity index is 0.00000220. The van der Waals surface area contributed by atoms with Gasteiger partial charge in [0, 0.05) is 31.2 Å². The minimum absolute atomic E-state index is 0. The lowest BCUT2D eigenvalue weighted by Gasteiger charge is -2.35. The molecule has 1 amide bonds. The Kier molecular flexibility index (Phi) is 6.51. The number of amides is 1. The van der Waals surface area contributed by atoms with Gasteiger partial charge in [-0.05, 0) is 26.0 Å². The second-order valence-corrected chi connectivity index (χ2v) is 5.34. The molecule has 2 unspecified atom stereocenters. The van der Waals surface area contributed by atoms with Crippen molar-refractivity contribution in [2.45, 2.75) is 25.9 Å². The Morgan fingerprint density at radius 2 is 1.95 bits per heavy atom. The van der Waals surface area contributed by atoms with Gasteiger partial charge in [-0.2, -0.15) is 0 Å². The van der Waals surface area contributed by atoms with Crippen LogP contribution in [0.25, 0.3) is 0 Å². The molecule has 1 aliphatic rings. The first-order valence-corrected chi connectivity index (χ1v) is 6.67. The third-order valence-electron chi connectivity index (χ3n) is 3.21. The quantitative estimate of drug-likeness (QED) is 0.896. The Labute approximate surface area is 129 Å². The zero-order valence-corrected chi connectivity index (χ0v) is 12.8. The van der Waals surface area contributed by atoms with Gasteiger partial charge in [-0.15, -0.1) is 12.4 Å². The van der Waals surface area contributed by atoms with Gasteiger partial charge in [-0.1, -0.05) is 0 Å². The van der Waals surface area contributed by atoms with E-state index in [1.165, 1.54) is 6.07 Å². The molecular formula is C14H20ClF2N3O. The number of carbonyl (C=O) groups is 1.